The number of nitrogen functional groups attached to an aromatic ring is 1. The molecular formula is C17H20N2O2. The molecule has 21 heavy (non-hydrogen) atoms. The van der Waals surface area contributed by atoms with Gasteiger partial charge in [-0.2, -0.15) is 0 Å². The Morgan fingerprint density at radius 2 is 1.95 bits per heavy atom. The number of anilines is 1. The number of benzene rings is 2. The van der Waals surface area contributed by atoms with Gasteiger partial charge in [-0.15, -0.1) is 0 Å². The summed E-state index contributed by atoms with van der Waals surface area (Å²) >= 11 is 0. The molecule has 2 aromatic rings. The highest BCUT2D eigenvalue weighted by molar-refractivity contribution is 5.95. The number of nitrogens with one attached hydrogen (secondary N) is 1. The van der Waals surface area contributed by atoms with Crippen molar-refractivity contribution in [3.63, 3.8) is 0 Å². The molecule has 1 amide bonds. The number of para-hydroxylation sites is 1. The highest BCUT2D eigenvalue weighted by atomic mass is 16.5. The average Bonchev–Trinajstić information content (AvgIpc) is 2.49. The van der Waals surface area contributed by atoms with Crippen molar-refractivity contribution in [3.8, 4) is 5.75 Å². The second-order valence-corrected chi connectivity index (χ2v) is 5.01. The molecule has 3 N–H and O–H groups in total. The first-order valence-electron chi connectivity index (χ1n) is 6.83. The first-order valence-corrected chi connectivity index (χ1v) is 6.83. The Bertz CT molecular complexity index is 653. The van der Waals surface area contributed by atoms with Gasteiger partial charge >= 0.3 is 0 Å². The molecule has 0 unspecified atom stereocenters. The maximum atomic E-state index is 12.3. The van der Waals surface area contributed by atoms with Crippen molar-refractivity contribution >= 4 is 11.6 Å². The van der Waals surface area contributed by atoms with Crippen molar-refractivity contribution in [2.45, 2.75) is 19.9 Å². The van der Waals surface area contributed by atoms with E-state index in [1.807, 2.05) is 38.1 Å². The SMILES string of the molecule is COc1ccccc1[C@@H](C)NC(=O)c1ccc(N)c(C)c1. The first-order chi connectivity index (χ1) is 10.0. The van der Waals surface area contributed by atoms with E-state index >= 15 is 0 Å². The van der Waals surface area contributed by atoms with Crippen molar-refractivity contribution in [2.24, 2.45) is 0 Å². The fourth-order valence-electron chi connectivity index (χ4n) is 2.20. The van der Waals surface area contributed by atoms with Gasteiger partial charge in [-0.05, 0) is 43.7 Å². The summed E-state index contributed by atoms with van der Waals surface area (Å²) in [5.74, 6) is 0.635. The highest BCUT2D eigenvalue weighted by Crippen LogP contribution is 2.24. The van der Waals surface area contributed by atoms with Gasteiger partial charge in [0.25, 0.3) is 5.91 Å². The zero-order chi connectivity index (χ0) is 15.4. The van der Waals surface area contributed by atoms with E-state index in [1.165, 1.54) is 0 Å². The lowest BCUT2D eigenvalue weighted by Gasteiger charge is -2.17. The molecule has 0 saturated carbocycles. The molecule has 4 heteroatoms. The minimum atomic E-state index is -0.147. The number of rotatable bonds is 4. The second kappa shape index (κ2) is 6.31. The standard InChI is InChI=1S/C17H20N2O2/c1-11-10-13(8-9-15(11)18)17(20)19-12(2)14-6-4-5-7-16(14)21-3/h4-10,12H,18H2,1-3H3,(H,19,20)/t12-/m1/s1. The van der Waals surface area contributed by atoms with Crippen LogP contribution >= 0.6 is 0 Å². The van der Waals surface area contributed by atoms with Crippen molar-refractivity contribution in [1.82, 2.24) is 5.32 Å². The fourth-order valence-corrected chi connectivity index (χ4v) is 2.20. The maximum Gasteiger partial charge on any atom is 0.251 e. The van der Waals surface area contributed by atoms with Gasteiger partial charge in [0.05, 0.1) is 13.2 Å². The molecule has 0 bridgehead atoms. The van der Waals surface area contributed by atoms with Crippen molar-refractivity contribution < 1.29 is 9.53 Å². The number of nitrogens with two attached hydrogens (primary N) is 1. The molecule has 0 heterocycles. The molecule has 4 nitrogen and oxygen atoms in total. The average molecular weight is 284 g/mol. The molecule has 0 aliphatic heterocycles. The lowest BCUT2D eigenvalue weighted by Crippen LogP contribution is -2.27. The van der Waals surface area contributed by atoms with Gasteiger partial charge in [-0.3, -0.25) is 4.79 Å². The van der Waals surface area contributed by atoms with Crippen molar-refractivity contribution in [2.75, 3.05) is 12.8 Å². The zero-order valence-corrected chi connectivity index (χ0v) is 12.5. The third-order valence-corrected chi connectivity index (χ3v) is 3.49. The number of ether oxygens (including phenoxy) is 1. The van der Waals surface area contributed by atoms with E-state index in [0.717, 1.165) is 16.9 Å². The summed E-state index contributed by atoms with van der Waals surface area (Å²) in [6.45, 7) is 3.82. The number of carbonyl (C=O) groups excluding carboxylic acids is 1. The Morgan fingerprint density at radius 3 is 2.62 bits per heavy atom. The van der Waals surface area contributed by atoms with E-state index in [4.69, 9.17) is 10.5 Å². The van der Waals surface area contributed by atoms with E-state index in [0.29, 0.717) is 11.3 Å². The van der Waals surface area contributed by atoms with E-state index in [-0.39, 0.29) is 11.9 Å². The molecule has 0 fully saturated rings. The van der Waals surface area contributed by atoms with Crippen LogP contribution in [-0.2, 0) is 0 Å². The smallest absolute Gasteiger partial charge is 0.251 e. The molecule has 0 spiro atoms. The van der Waals surface area contributed by atoms with Crippen LogP contribution in [0, 0.1) is 6.92 Å². The Hall–Kier alpha value is -2.49. The lowest BCUT2D eigenvalue weighted by molar-refractivity contribution is 0.0939. The minimum Gasteiger partial charge on any atom is -0.496 e. The lowest BCUT2D eigenvalue weighted by atomic mass is 10.1. The molecule has 110 valence electrons. The van der Waals surface area contributed by atoms with Gasteiger partial charge in [-0.25, -0.2) is 0 Å². The topological polar surface area (TPSA) is 64.3 Å². The number of hydrogen-bond donors (Lipinski definition) is 2. The minimum absolute atomic E-state index is 0.128. The first kappa shape index (κ1) is 14.9. The van der Waals surface area contributed by atoms with E-state index in [2.05, 4.69) is 5.32 Å². The van der Waals surface area contributed by atoms with Crippen LogP contribution in [-0.4, -0.2) is 13.0 Å². The summed E-state index contributed by atoms with van der Waals surface area (Å²) in [5.41, 5.74) is 8.90. The molecule has 2 rings (SSSR count). The van der Waals surface area contributed by atoms with Crippen LogP contribution in [0.15, 0.2) is 42.5 Å². The number of carbonyl (C=O) groups is 1. The van der Waals surface area contributed by atoms with Crippen molar-refractivity contribution in [1.29, 1.82) is 0 Å². The second-order valence-electron chi connectivity index (χ2n) is 5.01. The molecule has 1 atom stereocenters. The van der Waals surface area contributed by atoms with Gasteiger partial charge < -0.3 is 15.8 Å². The molecular weight excluding hydrogens is 264 g/mol. The van der Waals surface area contributed by atoms with Gasteiger partial charge in [0.2, 0.25) is 0 Å². The summed E-state index contributed by atoms with van der Waals surface area (Å²) in [7, 11) is 1.62. The largest absolute Gasteiger partial charge is 0.496 e. The Morgan fingerprint density at radius 1 is 1.24 bits per heavy atom. The van der Waals surface area contributed by atoms with E-state index in [1.54, 1.807) is 25.3 Å². The maximum absolute atomic E-state index is 12.3. The molecule has 0 aliphatic carbocycles. The number of methoxy groups -OCH3 is 1. The quantitative estimate of drug-likeness (QED) is 0.848. The van der Waals surface area contributed by atoms with Gasteiger partial charge in [-0.1, -0.05) is 18.2 Å². The van der Waals surface area contributed by atoms with Crippen LogP contribution in [0.5, 0.6) is 5.75 Å². The van der Waals surface area contributed by atoms with Crippen LogP contribution in [0.4, 0.5) is 5.69 Å². The number of hydrogen-bond acceptors (Lipinski definition) is 3. The van der Waals surface area contributed by atoms with Crippen LogP contribution < -0.4 is 15.8 Å². The van der Waals surface area contributed by atoms with Crippen molar-refractivity contribution in [3.05, 3.63) is 59.2 Å². The number of aryl methyl sites for hydroxylation is 1. The molecule has 0 aromatic heterocycles. The summed E-state index contributed by atoms with van der Waals surface area (Å²) in [6.07, 6.45) is 0. The monoisotopic (exact) mass is 284 g/mol. The number of amides is 1. The summed E-state index contributed by atoms with van der Waals surface area (Å²) in [4.78, 5) is 12.3. The van der Waals surface area contributed by atoms with Gasteiger partial charge in [0.1, 0.15) is 5.75 Å². The summed E-state index contributed by atoms with van der Waals surface area (Å²) in [6, 6.07) is 12.8. The molecule has 0 radical (unpaired) electrons. The van der Waals surface area contributed by atoms with E-state index in [9.17, 15) is 4.79 Å². The van der Waals surface area contributed by atoms with E-state index < -0.39 is 0 Å². The summed E-state index contributed by atoms with van der Waals surface area (Å²) in [5, 5.41) is 2.97. The zero-order valence-electron chi connectivity index (χ0n) is 12.5. The molecule has 2 aromatic carbocycles. The predicted molar refractivity (Wildman–Crippen MR) is 84.5 cm³/mol. The van der Waals surface area contributed by atoms with Gasteiger partial charge in [0, 0.05) is 16.8 Å². The third-order valence-electron chi connectivity index (χ3n) is 3.49. The highest BCUT2D eigenvalue weighted by Gasteiger charge is 2.15. The molecule has 0 aliphatic rings. The van der Waals surface area contributed by atoms with Crippen LogP contribution in [0.1, 0.15) is 34.5 Å². The Labute approximate surface area is 124 Å². The Kier molecular flexibility index (Phi) is 4.48. The summed E-state index contributed by atoms with van der Waals surface area (Å²) < 4.78 is 5.32. The fraction of sp³-hybridized carbons (Fsp3) is 0.235. The predicted octanol–water partition coefficient (Wildman–Crippen LogP) is 3.08. The van der Waals surface area contributed by atoms with Crippen LogP contribution in [0.25, 0.3) is 0 Å². The third kappa shape index (κ3) is 3.34. The normalized spacial score (nSPS) is 11.8. The Balaban J connectivity index is 2.16. The molecule has 0 saturated heterocycles. The van der Waals surface area contributed by atoms with Crippen LogP contribution in [0.2, 0.25) is 0 Å². The van der Waals surface area contributed by atoms with Gasteiger partial charge in [0.15, 0.2) is 0 Å². The van der Waals surface area contributed by atoms with Crippen LogP contribution in [0.3, 0.4) is 0 Å².